The number of carbonyl (C=O) groups excluding carboxylic acids is 3. The number of amides is 2. The van der Waals surface area contributed by atoms with Crippen LogP contribution < -0.4 is 5.56 Å². The van der Waals surface area contributed by atoms with E-state index in [2.05, 4.69) is 10.1 Å². The van der Waals surface area contributed by atoms with Crippen LogP contribution >= 0.6 is 0 Å². The molecule has 10 nitrogen and oxygen atoms in total. The van der Waals surface area contributed by atoms with Gasteiger partial charge in [-0.3, -0.25) is 19.5 Å². The summed E-state index contributed by atoms with van der Waals surface area (Å²) in [4.78, 5) is 58.5. The van der Waals surface area contributed by atoms with E-state index in [0.29, 0.717) is 5.06 Å². The van der Waals surface area contributed by atoms with Crippen LogP contribution in [0.25, 0.3) is 5.65 Å². The van der Waals surface area contributed by atoms with Crippen LogP contribution in [0.3, 0.4) is 0 Å². The van der Waals surface area contributed by atoms with Crippen LogP contribution in [-0.2, 0) is 16.1 Å². The second-order valence-electron chi connectivity index (χ2n) is 6.03. The maximum absolute atomic E-state index is 12.6. The number of nitrogens with one attached hydrogen (secondary N) is 1. The fraction of sp³-hybridized carbons (Fsp3) is 0.111. The molecule has 0 spiro atoms. The zero-order valence-electron chi connectivity index (χ0n) is 14.4. The number of aromatic nitrogens is 3. The normalized spacial score (nSPS) is 12.9. The third kappa shape index (κ3) is 2.45. The quantitative estimate of drug-likeness (QED) is 0.656. The Kier molecular flexibility index (Phi) is 3.78. The summed E-state index contributed by atoms with van der Waals surface area (Å²) < 4.78 is 1.04. The van der Waals surface area contributed by atoms with Gasteiger partial charge in [-0.2, -0.15) is 5.26 Å². The summed E-state index contributed by atoms with van der Waals surface area (Å²) in [5, 5.41) is 12.0. The monoisotopic (exact) mass is 377 g/mol. The standard InChI is InChI=1S/C18H11N5O5/c1-9-13(16(25)22-15(21-9)10(7-19)8-20-22)6-14(24)28-23-17(26)11-4-2-3-5-12(11)18(23)27/h2-5,8,20H,6H2,1H3. The molecule has 2 aromatic heterocycles. The van der Waals surface area contributed by atoms with Crippen molar-refractivity contribution in [1.82, 2.24) is 19.7 Å². The average Bonchev–Trinajstić information content (AvgIpc) is 3.20. The molecule has 0 saturated heterocycles. The van der Waals surface area contributed by atoms with Crippen molar-refractivity contribution in [3.8, 4) is 6.07 Å². The Morgan fingerprint density at radius 3 is 2.46 bits per heavy atom. The predicted molar refractivity (Wildman–Crippen MR) is 92.0 cm³/mol. The first-order valence-electron chi connectivity index (χ1n) is 8.10. The van der Waals surface area contributed by atoms with Crippen molar-refractivity contribution < 1.29 is 19.2 Å². The highest BCUT2D eigenvalue weighted by molar-refractivity contribution is 6.20. The van der Waals surface area contributed by atoms with Gasteiger partial charge in [0.25, 0.3) is 17.4 Å². The minimum absolute atomic E-state index is 0.0189. The molecule has 0 bridgehead atoms. The molecule has 0 aliphatic carbocycles. The molecule has 1 N–H and O–H groups in total. The molecule has 4 rings (SSSR count). The van der Waals surface area contributed by atoms with Crippen LogP contribution in [0.4, 0.5) is 0 Å². The van der Waals surface area contributed by atoms with E-state index in [-0.39, 0.29) is 33.6 Å². The van der Waals surface area contributed by atoms with Crippen molar-refractivity contribution in [3.63, 3.8) is 0 Å². The summed E-state index contributed by atoms with van der Waals surface area (Å²) in [5.41, 5.74) is 0.266. The van der Waals surface area contributed by atoms with Crippen LogP contribution in [0.2, 0.25) is 0 Å². The third-order valence-corrected chi connectivity index (χ3v) is 4.35. The number of benzene rings is 1. The molecule has 28 heavy (non-hydrogen) atoms. The van der Waals surface area contributed by atoms with E-state index in [4.69, 9.17) is 10.1 Å². The van der Waals surface area contributed by atoms with Gasteiger partial charge in [-0.15, -0.1) is 0 Å². The number of carbonyl (C=O) groups is 3. The first kappa shape index (κ1) is 17.2. The molecule has 0 radical (unpaired) electrons. The SMILES string of the molecule is Cc1nc2c(C#N)c[nH]n2c(=O)c1CC(=O)ON1C(=O)c2ccccc2C1=O. The number of rotatable bonds is 3. The zero-order valence-corrected chi connectivity index (χ0v) is 14.4. The molecule has 3 aromatic rings. The highest BCUT2D eigenvalue weighted by Crippen LogP contribution is 2.23. The first-order valence-corrected chi connectivity index (χ1v) is 8.10. The summed E-state index contributed by atoms with van der Waals surface area (Å²) in [5.74, 6) is -2.47. The molecular formula is C18H11N5O5. The van der Waals surface area contributed by atoms with Crippen LogP contribution in [0.5, 0.6) is 0 Å². The van der Waals surface area contributed by atoms with Gasteiger partial charge in [-0.25, -0.2) is 14.3 Å². The molecule has 138 valence electrons. The Morgan fingerprint density at radius 1 is 1.21 bits per heavy atom. The summed E-state index contributed by atoms with van der Waals surface area (Å²) in [6.07, 6.45) is 0.818. The Morgan fingerprint density at radius 2 is 1.86 bits per heavy atom. The van der Waals surface area contributed by atoms with Gasteiger partial charge >= 0.3 is 5.97 Å². The largest absolute Gasteiger partial charge is 0.337 e. The number of fused-ring (bicyclic) bond motifs is 2. The Balaban J connectivity index is 1.60. The molecule has 0 atom stereocenters. The highest BCUT2D eigenvalue weighted by Gasteiger charge is 2.38. The van der Waals surface area contributed by atoms with Gasteiger partial charge in [0.1, 0.15) is 11.6 Å². The van der Waals surface area contributed by atoms with E-state index in [1.165, 1.54) is 25.3 Å². The number of nitriles is 1. The van der Waals surface area contributed by atoms with E-state index in [0.717, 1.165) is 4.52 Å². The molecular weight excluding hydrogens is 366 g/mol. The highest BCUT2D eigenvalue weighted by atomic mass is 16.7. The van der Waals surface area contributed by atoms with Crippen LogP contribution in [0.15, 0.2) is 35.3 Å². The third-order valence-electron chi connectivity index (χ3n) is 4.35. The molecule has 1 aliphatic heterocycles. The van der Waals surface area contributed by atoms with Gasteiger partial charge < -0.3 is 4.84 Å². The van der Waals surface area contributed by atoms with Crippen molar-refractivity contribution in [2.45, 2.75) is 13.3 Å². The van der Waals surface area contributed by atoms with Crippen LogP contribution in [0.1, 0.15) is 37.5 Å². The molecule has 2 amide bonds. The fourth-order valence-corrected chi connectivity index (χ4v) is 2.97. The lowest BCUT2D eigenvalue weighted by Gasteiger charge is -2.13. The van der Waals surface area contributed by atoms with Crippen molar-refractivity contribution in [1.29, 1.82) is 5.26 Å². The lowest BCUT2D eigenvalue weighted by atomic mass is 10.1. The first-order chi connectivity index (χ1) is 13.4. The fourth-order valence-electron chi connectivity index (χ4n) is 2.97. The number of imide groups is 1. The van der Waals surface area contributed by atoms with E-state index in [9.17, 15) is 19.2 Å². The maximum atomic E-state index is 12.6. The smallest absolute Gasteiger partial charge is 0.329 e. The number of nitrogens with zero attached hydrogens (tertiary/aromatic N) is 4. The van der Waals surface area contributed by atoms with E-state index in [1.807, 2.05) is 6.07 Å². The van der Waals surface area contributed by atoms with Gasteiger partial charge in [-0.1, -0.05) is 17.2 Å². The van der Waals surface area contributed by atoms with Gasteiger partial charge in [0.15, 0.2) is 5.65 Å². The minimum atomic E-state index is -0.969. The number of hydrogen-bond acceptors (Lipinski definition) is 7. The van der Waals surface area contributed by atoms with Crippen LogP contribution in [-0.4, -0.2) is 37.4 Å². The summed E-state index contributed by atoms with van der Waals surface area (Å²) in [6, 6.07) is 7.99. The van der Waals surface area contributed by atoms with Gasteiger partial charge in [0.2, 0.25) is 0 Å². The van der Waals surface area contributed by atoms with Gasteiger partial charge in [0, 0.05) is 11.9 Å². The van der Waals surface area contributed by atoms with Crippen molar-refractivity contribution in [2.75, 3.05) is 0 Å². The average molecular weight is 377 g/mol. The molecule has 10 heteroatoms. The van der Waals surface area contributed by atoms with Gasteiger partial charge in [-0.05, 0) is 19.1 Å². The molecule has 0 saturated carbocycles. The Hall–Kier alpha value is -4.26. The number of H-pyrrole nitrogens is 1. The lowest BCUT2D eigenvalue weighted by molar-refractivity contribution is -0.167. The predicted octanol–water partition coefficient (Wildman–Crippen LogP) is 0.500. The second kappa shape index (κ2) is 6.17. The molecule has 1 aliphatic rings. The number of aryl methyl sites for hydroxylation is 1. The van der Waals surface area contributed by atoms with Crippen molar-refractivity contribution in [3.05, 3.63) is 68.8 Å². The molecule has 0 fully saturated rings. The van der Waals surface area contributed by atoms with Gasteiger partial charge in [0.05, 0.1) is 23.1 Å². The topological polar surface area (TPSA) is 138 Å². The van der Waals surface area contributed by atoms with Crippen molar-refractivity contribution in [2.24, 2.45) is 0 Å². The zero-order chi connectivity index (χ0) is 20.0. The second-order valence-corrected chi connectivity index (χ2v) is 6.03. The summed E-state index contributed by atoms with van der Waals surface area (Å²) >= 11 is 0. The summed E-state index contributed by atoms with van der Waals surface area (Å²) in [6.45, 7) is 1.51. The molecule has 0 unspecified atom stereocenters. The lowest BCUT2D eigenvalue weighted by Crippen LogP contribution is -2.34. The molecule has 1 aromatic carbocycles. The van der Waals surface area contributed by atoms with E-state index in [1.54, 1.807) is 12.1 Å². The minimum Gasteiger partial charge on any atom is -0.329 e. The molecule has 3 heterocycles. The summed E-state index contributed by atoms with van der Waals surface area (Å²) in [7, 11) is 0. The van der Waals surface area contributed by atoms with E-state index >= 15 is 0 Å². The maximum Gasteiger partial charge on any atom is 0.337 e. The number of hydroxylamine groups is 2. The van der Waals surface area contributed by atoms with Crippen LogP contribution in [0, 0.1) is 18.3 Å². The number of aromatic amines is 1. The Bertz CT molecular complexity index is 1240. The van der Waals surface area contributed by atoms with Crippen molar-refractivity contribution >= 4 is 23.4 Å². The van der Waals surface area contributed by atoms with E-state index < -0.39 is 29.8 Å². The number of hydrogen-bond donors (Lipinski definition) is 1. The Labute approximate surface area is 156 Å².